The van der Waals surface area contributed by atoms with Crippen LogP contribution in [-0.4, -0.2) is 11.6 Å². The van der Waals surface area contributed by atoms with Gasteiger partial charge in [0.15, 0.2) is 0 Å². The second-order valence-electron chi connectivity index (χ2n) is 3.04. The Hall–Kier alpha value is -1.97. The number of alkyl halides is 2. The Morgan fingerprint density at radius 3 is 2.56 bits per heavy atom. The van der Waals surface area contributed by atoms with Crippen molar-refractivity contribution in [2.24, 2.45) is 0 Å². The Bertz CT molecular complexity index is 460. The van der Waals surface area contributed by atoms with Crippen molar-refractivity contribution in [3.05, 3.63) is 48.5 Å². The highest BCUT2D eigenvalue weighted by molar-refractivity contribution is 5.58. The van der Waals surface area contributed by atoms with E-state index in [0.717, 1.165) is 5.56 Å². The van der Waals surface area contributed by atoms with Gasteiger partial charge in [-0.1, -0.05) is 30.3 Å². The lowest BCUT2D eigenvalue weighted by Crippen LogP contribution is -2.03. The van der Waals surface area contributed by atoms with E-state index in [2.05, 4.69) is 15.8 Å². The summed E-state index contributed by atoms with van der Waals surface area (Å²) in [6.07, 6.45) is 0. The van der Waals surface area contributed by atoms with Gasteiger partial charge >= 0.3 is 6.61 Å². The largest absolute Gasteiger partial charge is 0.417 e. The van der Waals surface area contributed by atoms with Crippen LogP contribution in [0.5, 0.6) is 5.88 Å². The molecule has 4 heteroatoms. The van der Waals surface area contributed by atoms with Crippen LogP contribution < -0.4 is 4.74 Å². The minimum absolute atomic E-state index is 0.128. The van der Waals surface area contributed by atoms with Crippen LogP contribution in [0.1, 0.15) is 0 Å². The van der Waals surface area contributed by atoms with Crippen LogP contribution in [0.3, 0.4) is 0 Å². The summed E-state index contributed by atoms with van der Waals surface area (Å²) in [4.78, 5) is 3.95. The second-order valence-corrected chi connectivity index (χ2v) is 3.04. The number of pyridine rings is 1. The normalized spacial score (nSPS) is 10.4. The molecule has 0 spiro atoms. The van der Waals surface area contributed by atoms with Gasteiger partial charge in [-0.05, 0) is 12.1 Å². The molecule has 0 aliphatic carbocycles. The lowest BCUT2D eigenvalue weighted by atomic mass is 10.1. The van der Waals surface area contributed by atoms with Crippen molar-refractivity contribution in [2.45, 2.75) is 6.61 Å². The molecule has 0 aliphatic rings. The number of hydrogen-bond acceptors (Lipinski definition) is 2. The molecule has 1 aromatic heterocycles. The zero-order valence-corrected chi connectivity index (χ0v) is 8.23. The number of nitrogens with zero attached hydrogens (tertiary/aromatic N) is 1. The average molecular weight is 220 g/mol. The fourth-order valence-electron chi connectivity index (χ4n) is 1.28. The molecule has 0 atom stereocenters. The molecule has 1 heterocycles. The molecule has 1 aromatic carbocycles. The maximum absolute atomic E-state index is 12.0. The lowest BCUT2D eigenvalue weighted by molar-refractivity contribution is -0.0527. The number of ether oxygens (including phenoxy) is 1. The van der Waals surface area contributed by atoms with E-state index >= 15 is 0 Å². The van der Waals surface area contributed by atoms with E-state index in [1.165, 1.54) is 6.07 Å². The molecular weight excluding hydrogens is 212 g/mol. The smallest absolute Gasteiger partial charge is 0.388 e. The van der Waals surface area contributed by atoms with E-state index in [0.29, 0.717) is 5.69 Å². The monoisotopic (exact) mass is 220 g/mol. The van der Waals surface area contributed by atoms with Gasteiger partial charge in [0.1, 0.15) is 0 Å². The Kier molecular flexibility index (Phi) is 3.10. The first-order valence-corrected chi connectivity index (χ1v) is 4.64. The van der Waals surface area contributed by atoms with Crippen molar-refractivity contribution >= 4 is 0 Å². The predicted octanol–water partition coefficient (Wildman–Crippen LogP) is 3.15. The minimum atomic E-state index is -2.87. The van der Waals surface area contributed by atoms with E-state index in [4.69, 9.17) is 0 Å². The summed E-state index contributed by atoms with van der Waals surface area (Å²) in [6, 6.07) is 14.8. The summed E-state index contributed by atoms with van der Waals surface area (Å²) in [5.41, 5.74) is 1.39. The molecule has 0 bridgehead atoms. The van der Waals surface area contributed by atoms with Crippen molar-refractivity contribution in [3.63, 3.8) is 0 Å². The Morgan fingerprint density at radius 2 is 1.88 bits per heavy atom. The van der Waals surface area contributed by atoms with E-state index in [1.54, 1.807) is 6.07 Å². The number of aromatic nitrogens is 1. The van der Waals surface area contributed by atoms with Crippen LogP contribution in [0.15, 0.2) is 42.5 Å². The molecule has 0 aliphatic heterocycles. The third-order valence-electron chi connectivity index (χ3n) is 1.94. The lowest BCUT2D eigenvalue weighted by Gasteiger charge is -2.05. The molecule has 0 N–H and O–H groups in total. The van der Waals surface area contributed by atoms with Crippen LogP contribution in [0.4, 0.5) is 8.78 Å². The van der Waals surface area contributed by atoms with Gasteiger partial charge in [0.05, 0.1) is 5.69 Å². The van der Waals surface area contributed by atoms with Crippen molar-refractivity contribution in [1.82, 2.24) is 4.98 Å². The molecular formula is C12H8F2NO. The van der Waals surface area contributed by atoms with Crippen molar-refractivity contribution in [1.29, 1.82) is 0 Å². The van der Waals surface area contributed by atoms with Gasteiger partial charge in [0, 0.05) is 11.6 Å². The highest BCUT2D eigenvalue weighted by Gasteiger charge is 2.06. The summed E-state index contributed by atoms with van der Waals surface area (Å²) in [6.45, 7) is -2.87. The van der Waals surface area contributed by atoms with Crippen LogP contribution in [0.2, 0.25) is 0 Å². The predicted molar refractivity (Wildman–Crippen MR) is 55.1 cm³/mol. The van der Waals surface area contributed by atoms with Gasteiger partial charge in [0.2, 0.25) is 5.88 Å². The number of benzene rings is 1. The zero-order chi connectivity index (χ0) is 11.4. The van der Waals surface area contributed by atoms with E-state index in [1.807, 2.05) is 30.3 Å². The van der Waals surface area contributed by atoms with E-state index in [9.17, 15) is 8.78 Å². The maximum Gasteiger partial charge on any atom is 0.388 e. The molecule has 0 unspecified atom stereocenters. The topological polar surface area (TPSA) is 22.1 Å². The molecule has 0 fully saturated rings. The average Bonchev–Trinajstić information content (AvgIpc) is 2.30. The Labute approximate surface area is 91.5 Å². The van der Waals surface area contributed by atoms with Gasteiger partial charge in [-0.3, -0.25) is 0 Å². The molecule has 2 aromatic rings. The summed E-state index contributed by atoms with van der Waals surface area (Å²) >= 11 is 0. The number of hydrogen-bond donors (Lipinski definition) is 0. The van der Waals surface area contributed by atoms with Crippen molar-refractivity contribution in [2.75, 3.05) is 0 Å². The third kappa shape index (κ3) is 2.53. The van der Waals surface area contributed by atoms with Crippen molar-refractivity contribution < 1.29 is 13.5 Å². The fourth-order valence-corrected chi connectivity index (χ4v) is 1.28. The highest BCUT2D eigenvalue weighted by Crippen LogP contribution is 2.19. The van der Waals surface area contributed by atoms with Gasteiger partial charge in [0.25, 0.3) is 0 Å². The van der Waals surface area contributed by atoms with Gasteiger partial charge < -0.3 is 4.74 Å². The van der Waals surface area contributed by atoms with Gasteiger partial charge in [-0.2, -0.15) is 8.78 Å². The molecule has 0 saturated heterocycles. The van der Waals surface area contributed by atoms with E-state index in [-0.39, 0.29) is 5.88 Å². The van der Waals surface area contributed by atoms with Crippen LogP contribution in [0.25, 0.3) is 11.3 Å². The molecule has 81 valence electrons. The SMILES string of the molecule is FC(F)Oc1c[c]cc(-c2ccccc2)n1. The van der Waals surface area contributed by atoms with Crippen LogP contribution >= 0.6 is 0 Å². The molecule has 16 heavy (non-hydrogen) atoms. The van der Waals surface area contributed by atoms with Gasteiger partial charge in [-0.15, -0.1) is 0 Å². The fraction of sp³-hybridized carbons (Fsp3) is 0.0833. The highest BCUT2D eigenvalue weighted by atomic mass is 19.3. The molecule has 2 nitrogen and oxygen atoms in total. The Balaban J connectivity index is 2.29. The van der Waals surface area contributed by atoms with Crippen molar-refractivity contribution in [3.8, 4) is 17.1 Å². The standard InChI is InChI=1S/C12H8F2NO/c13-12(14)16-11-8-4-7-10(15-11)9-5-2-1-3-6-9/h1-3,5-8,12H. The number of rotatable bonds is 3. The molecule has 0 amide bonds. The first-order valence-electron chi connectivity index (χ1n) is 4.64. The minimum Gasteiger partial charge on any atom is -0.417 e. The summed E-state index contributed by atoms with van der Waals surface area (Å²) in [5, 5.41) is 0. The first-order chi connectivity index (χ1) is 7.75. The zero-order valence-electron chi connectivity index (χ0n) is 8.23. The Morgan fingerprint density at radius 1 is 1.12 bits per heavy atom. The van der Waals surface area contributed by atoms with Crippen LogP contribution in [0, 0.1) is 6.07 Å². The summed E-state index contributed by atoms with van der Waals surface area (Å²) < 4.78 is 28.2. The molecule has 1 radical (unpaired) electrons. The van der Waals surface area contributed by atoms with E-state index < -0.39 is 6.61 Å². The van der Waals surface area contributed by atoms with Gasteiger partial charge in [-0.25, -0.2) is 4.98 Å². The summed E-state index contributed by atoms with van der Waals surface area (Å²) in [5.74, 6) is -0.128. The maximum atomic E-state index is 12.0. The molecule has 0 saturated carbocycles. The second kappa shape index (κ2) is 4.70. The molecule has 2 rings (SSSR count). The summed E-state index contributed by atoms with van der Waals surface area (Å²) in [7, 11) is 0. The first kappa shape index (κ1) is 10.5. The third-order valence-corrected chi connectivity index (χ3v) is 1.94. The quantitative estimate of drug-likeness (QED) is 0.792. The van der Waals surface area contributed by atoms with Crippen LogP contribution in [-0.2, 0) is 0 Å². The number of halogens is 2.